The van der Waals surface area contributed by atoms with E-state index in [-0.39, 0.29) is 6.04 Å². The topological polar surface area (TPSA) is 12.0 Å². The third kappa shape index (κ3) is 4.25. The summed E-state index contributed by atoms with van der Waals surface area (Å²) in [5.74, 6) is -1.10. The Labute approximate surface area is 136 Å². The van der Waals surface area contributed by atoms with Crippen LogP contribution in [0.15, 0.2) is 40.9 Å². The van der Waals surface area contributed by atoms with Crippen LogP contribution < -0.4 is 5.32 Å². The minimum atomic E-state index is -0.569. The highest BCUT2D eigenvalue weighted by Gasteiger charge is 2.17. The van der Waals surface area contributed by atoms with Crippen molar-refractivity contribution in [3.05, 3.63) is 68.7 Å². The second kappa shape index (κ2) is 7.34. The van der Waals surface area contributed by atoms with E-state index in [0.717, 1.165) is 22.6 Å². The summed E-state index contributed by atoms with van der Waals surface area (Å²) in [4.78, 5) is 0. The van der Waals surface area contributed by atoms with Crippen LogP contribution in [0.4, 0.5) is 8.78 Å². The Hall–Kier alpha value is -0.970. The average Bonchev–Trinajstić information content (AvgIpc) is 2.44. The summed E-state index contributed by atoms with van der Waals surface area (Å²) in [7, 11) is 0. The van der Waals surface area contributed by atoms with E-state index in [1.165, 1.54) is 12.1 Å². The maximum atomic E-state index is 13.8. The monoisotopic (exact) mass is 373 g/mol. The van der Waals surface area contributed by atoms with Gasteiger partial charge in [0.25, 0.3) is 0 Å². The molecular weight excluding hydrogens is 360 g/mol. The van der Waals surface area contributed by atoms with Crippen molar-refractivity contribution in [2.75, 3.05) is 6.54 Å². The molecule has 0 aliphatic heterocycles. The second-order valence-electron chi connectivity index (χ2n) is 4.72. The van der Waals surface area contributed by atoms with Crippen molar-refractivity contribution < 1.29 is 8.78 Å². The first-order valence-corrected chi connectivity index (χ1v) is 7.80. The molecule has 0 radical (unpaired) electrons. The molecule has 0 spiro atoms. The number of benzene rings is 2. The van der Waals surface area contributed by atoms with Gasteiger partial charge in [-0.05, 0) is 48.4 Å². The Balaban J connectivity index is 2.32. The summed E-state index contributed by atoms with van der Waals surface area (Å²) >= 11 is 9.54. The van der Waals surface area contributed by atoms with Crippen LogP contribution in [-0.2, 0) is 6.42 Å². The lowest BCUT2D eigenvalue weighted by Crippen LogP contribution is -2.23. The number of halogens is 4. The lowest BCUT2D eigenvalue weighted by Gasteiger charge is -2.20. The van der Waals surface area contributed by atoms with Crippen molar-refractivity contribution in [1.29, 1.82) is 0 Å². The number of nitrogens with one attached hydrogen (secondary N) is 1. The Morgan fingerprint density at radius 3 is 2.62 bits per heavy atom. The van der Waals surface area contributed by atoms with E-state index in [1.54, 1.807) is 6.07 Å². The van der Waals surface area contributed by atoms with Gasteiger partial charge in [-0.3, -0.25) is 0 Å². The molecule has 0 bridgehead atoms. The van der Waals surface area contributed by atoms with Crippen LogP contribution in [0.2, 0.25) is 5.02 Å². The third-order valence-electron chi connectivity index (χ3n) is 3.22. The van der Waals surface area contributed by atoms with Crippen LogP contribution in [-0.4, -0.2) is 6.54 Å². The molecule has 0 saturated heterocycles. The van der Waals surface area contributed by atoms with Gasteiger partial charge in [0.05, 0.1) is 0 Å². The fraction of sp³-hybridized carbons (Fsp3) is 0.250. The van der Waals surface area contributed by atoms with Crippen molar-refractivity contribution in [2.24, 2.45) is 0 Å². The van der Waals surface area contributed by atoms with E-state index < -0.39 is 11.6 Å². The van der Waals surface area contributed by atoms with Crippen LogP contribution in [0.1, 0.15) is 24.1 Å². The van der Waals surface area contributed by atoms with E-state index in [4.69, 9.17) is 11.6 Å². The molecule has 1 unspecified atom stereocenters. The molecule has 1 N–H and O–H groups in total. The number of hydrogen-bond donors (Lipinski definition) is 1. The Kier molecular flexibility index (Phi) is 5.73. The standard InChI is InChI=1S/C16H15BrClF2N/c1-2-21-16(13-8-11(18)4-6-14(13)17)7-10-3-5-12(19)9-15(10)20/h3-6,8-9,16,21H,2,7H2,1H3. The zero-order valence-corrected chi connectivity index (χ0v) is 13.8. The van der Waals surface area contributed by atoms with Gasteiger partial charge < -0.3 is 5.32 Å². The summed E-state index contributed by atoms with van der Waals surface area (Å²) in [5.41, 5.74) is 1.42. The molecule has 21 heavy (non-hydrogen) atoms. The van der Waals surface area contributed by atoms with Crippen molar-refractivity contribution in [3.8, 4) is 0 Å². The first kappa shape index (κ1) is 16.4. The van der Waals surface area contributed by atoms with E-state index in [1.807, 2.05) is 19.1 Å². The zero-order valence-electron chi connectivity index (χ0n) is 11.5. The van der Waals surface area contributed by atoms with Crippen LogP contribution in [0, 0.1) is 11.6 Å². The van der Waals surface area contributed by atoms with Gasteiger partial charge in [-0.2, -0.15) is 0 Å². The quantitative estimate of drug-likeness (QED) is 0.751. The van der Waals surface area contributed by atoms with Gasteiger partial charge in [0.2, 0.25) is 0 Å². The molecule has 5 heteroatoms. The van der Waals surface area contributed by atoms with Crippen molar-refractivity contribution in [2.45, 2.75) is 19.4 Å². The number of rotatable bonds is 5. The highest BCUT2D eigenvalue weighted by Crippen LogP contribution is 2.29. The van der Waals surface area contributed by atoms with Gasteiger partial charge >= 0.3 is 0 Å². The Morgan fingerprint density at radius 2 is 1.95 bits per heavy atom. The largest absolute Gasteiger partial charge is 0.310 e. The van der Waals surface area contributed by atoms with Crippen LogP contribution in [0.3, 0.4) is 0 Å². The van der Waals surface area contributed by atoms with Crippen LogP contribution in [0.5, 0.6) is 0 Å². The van der Waals surface area contributed by atoms with Crippen LogP contribution >= 0.6 is 27.5 Å². The molecule has 0 aliphatic rings. The smallest absolute Gasteiger partial charge is 0.129 e. The van der Waals surface area contributed by atoms with Gasteiger partial charge in [0.15, 0.2) is 0 Å². The Bertz CT molecular complexity index is 634. The van der Waals surface area contributed by atoms with Gasteiger partial charge in [-0.1, -0.05) is 40.5 Å². The molecule has 0 saturated carbocycles. The van der Waals surface area contributed by atoms with E-state index >= 15 is 0 Å². The molecule has 2 aromatic carbocycles. The van der Waals surface area contributed by atoms with E-state index in [0.29, 0.717) is 17.0 Å². The summed E-state index contributed by atoms with van der Waals surface area (Å²) < 4.78 is 27.7. The van der Waals surface area contributed by atoms with E-state index in [9.17, 15) is 8.78 Å². The summed E-state index contributed by atoms with van der Waals surface area (Å²) in [6.07, 6.45) is 0.416. The minimum absolute atomic E-state index is 0.108. The molecule has 0 aromatic heterocycles. The highest BCUT2D eigenvalue weighted by atomic mass is 79.9. The number of hydrogen-bond acceptors (Lipinski definition) is 1. The highest BCUT2D eigenvalue weighted by molar-refractivity contribution is 9.10. The normalized spacial score (nSPS) is 12.4. The average molecular weight is 375 g/mol. The third-order valence-corrected chi connectivity index (χ3v) is 4.18. The lowest BCUT2D eigenvalue weighted by molar-refractivity contribution is 0.520. The molecule has 0 amide bonds. The van der Waals surface area contributed by atoms with E-state index in [2.05, 4.69) is 21.2 Å². The number of likely N-dealkylation sites (N-methyl/N-ethyl adjacent to an activating group) is 1. The van der Waals surface area contributed by atoms with Crippen LogP contribution in [0.25, 0.3) is 0 Å². The molecule has 1 atom stereocenters. The zero-order chi connectivity index (χ0) is 15.4. The van der Waals surface area contributed by atoms with Crippen molar-refractivity contribution >= 4 is 27.5 Å². The van der Waals surface area contributed by atoms with Crippen molar-refractivity contribution in [1.82, 2.24) is 5.32 Å². The SMILES string of the molecule is CCNC(Cc1ccc(F)cc1F)c1cc(Cl)ccc1Br. The predicted octanol–water partition coefficient (Wildman–Crippen LogP) is 5.27. The summed E-state index contributed by atoms with van der Waals surface area (Å²) in [6, 6.07) is 9.05. The summed E-state index contributed by atoms with van der Waals surface area (Å²) in [5, 5.41) is 3.93. The molecule has 0 aliphatic carbocycles. The second-order valence-corrected chi connectivity index (χ2v) is 6.01. The molecular formula is C16H15BrClF2N. The maximum absolute atomic E-state index is 13.8. The van der Waals surface area contributed by atoms with Gasteiger partial charge in [0, 0.05) is 21.6 Å². The summed E-state index contributed by atoms with van der Waals surface area (Å²) in [6.45, 7) is 2.71. The molecule has 2 rings (SSSR count). The minimum Gasteiger partial charge on any atom is -0.310 e. The molecule has 0 heterocycles. The fourth-order valence-electron chi connectivity index (χ4n) is 2.23. The van der Waals surface area contributed by atoms with Gasteiger partial charge in [-0.15, -0.1) is 0 Å². The molecule has 0 fully saturated rings. The lowest BCUT2D eigenvalue weighted by atomic mass is 9.98. The Morgan fingerprint density at radius 1 is 1.19 bits per heavy atom. The predicted molar refractivity (Wildman–Crippen MR) is 85.6 cm³/mol. The maximum Gasteiger partial charge on any atom is 0.129 e. The molecule has 112 valence electrons. The fourth-order valence-corrected chi connectivity index (χ4v) is 2.93. The molecule has 1 nitrogen and oxygen atoms in total. The molecule has 2 aromatic rings. The van der Waals surface area contributed by atoms with Crippen molar-refractivity contribution in [3.63, 3.8) is 0 Å². The first-order valence-electron chi connectivity index (χ1n) is 6.63. The van der Waals surface area contributed by atoms with Gasteiger partial charge in [0.1, 0.15) is 11.6 Å². The van der Waals surface area contributed by atoms with Gasteiger partial charge in [-0.25, -0.2) is 8.78 Å². The first-order chi connectivity index (χ1) is 10.0.